The Hall–Kier alpha value is -0.620. The number of nitrogens with two attached hydrogens (primary N) is 1. The molecule has 2 unspecified atom stereocenters. The SMILES string of the molecule is CCS(=O)(=O)C1CNCC1C(N)=O. The molecule has 2 atom stereocenters. The summed E-state index contributed by atoms with van der Waals surface area (Å²) in [6.07, 6.45) is 0. The third-order valence-electron chi connectivity index (χ3n) is 2.39. The second-order valence-corrected chi connectivity index (χ2v) is 5.67. The maximum Gasteiger partial charge on any atom is 0.223 e. The first-order valence-corrected chi connectivity index (χ1v) is 5.92. The third-order valence-corrected chi connectivity index (χ3v) is 4.61. The van der Waals surface area contributed by atoms with E-state index in [1.54, 1.807) is 6.92 Å². The van der Waals surface area contributed by atoms with Crippen LogP contribution in [0.15, 0.2) is 0 Å². The molecule has 0 radical (unpaired) electrons. The van der Waals surface area contributed by atoms with E-state index in [1.165, 1.54) is 0 Å². The molecule has 0 bridgehead atoms. The van der Waals surface area contributed by atoms with Crippen LogP contribution in [-0.2, 0) is 14.6 Å². The zero-order valence-electron chi connectivity index (χ0n) is 7.49. The standard InChI is InChI=1S/C7H14N2O3S/c1-2-13(11,12)6-4-9-3-5(6)7(8)10/h5-6,9H,2-4H2,1H3,(H2,8,10). The van der Waals surface area contributed by atoms with Crippen LogP contribution in [0, 0.1) is 5.92 Å². The summed E-state index contributed by atoms with van der Waals surface area (Å²) < 4.78 is 22.9. The van der Waals surface area contributed by atoms with Crippen molar-refractivity contribution in [3.05, 3.63) is 0 Å². The molecule has 0 aromatic heterocycles. The van der Waals surface area contributed by atoms with Gasteiger partial charge in [-0.2, -0.15) is 0 Å². The molecular weight excluding hydrogens is 192 g/mol. The van der Waals surface area contributed by atoms with Crippen molar-refractivity contribution in [2.24, 2.45) is 11.7 Å². The van der Waals surface area contributed by atoms with Gasteiger partial charge in [0.2, 0.25) is 5.91 Å². The van der Waals surface area contributed by atoms with E-state index in [1.807, 2.05) is 0 Å². The van der Waals surface area contributed by atoms with Crippen LogP contribution >= 0.6 is 0 Å². The molecule has 0 aliphatic carbocycles. The molecule has 1 saturated heterocycles. The molecule has 6 heteroatoms. The van der Waals surface area contributed by atoms with Crippen molar-refractivity contribution in [3.8, 4) is 0 Å². The summed E-state index contributed by atoms with van der Waals surface area (Å²) in [6, 6.07) is 0. The maximum absolute atomic E-state index is 11.5. The Bertz CT molecular complexity index is 299. The van der Waals surface area contributed by atoms with Crippen LogP contribution in [-0.4, -0.2) is 38.4 Å². The van der Waals surface area contributed by atoms with Crippen LogP contribution in [0.1, 0.15) is 6.92 Å². The largest absolute Gasteiger partial charge is 0.369 e. The minimum atomic E-state index is -3.16. The highest BCUT2D eigenvalue weighted by atomic mass is 32.2. The summed E-state index contributed by atoms with van der Waals surface area (Å²) >= 11 is 0. The topological polar surface area (TPSA) is 89.3 Å². The molecule has 3 N–H and O–H groups in total. The van der Waals surface area contributed by atoms with Crippen LogP contribution in [0.3, 0.4) is 0 Å². The highest BCUT2D eigenvalue weighted by molar-refractivity contribution is 7.92. The predicted molar refractivity (Wildman–Crippen MR) is 48.8 cm³/mol. The smallest absolute Gasteiger partial charge is 0.223 e. The summed E-state index contributed by atoms with van der Waals surface area (Å²) in [7, 11) is -3.16. The minimum absolute atomic E-state index is 0.0587. The highest BCUT2D eigenvalue weighted by Gasteiger charge is 2.39. The van der Waals surface area contributed by atoms with Gasteiger partial charge in [0.1, 0.15) is 0 Å². The molecule has 1 fully saturated rings. The van der Waals surface area contributed by atoms with E-state index in [-0.39, 0.29) is 5.75 Å². The number of amides is 1. The lowest BCUT2D eigenvalue weighted by molar-refractivity contribution is -0.121. The van der Waals surface area contributed by atoms with Gasteiger partial charge in [-0.05, 0) is 0 Å². The van der Waals surface area contributed by atoms with Crippen molar-refractivity contribution < 1.29 is 13.2 Å². The summed E-state index contributed by atoms with van der Waals surface area (Å²) in [5.74, 6) is -1.04. The summed E-state index contributed by atoms with van der Waals surface area (Å²) in [5.41, 5.74) is 5.10. The molecule has 0 saturated carbocycles. The average Bonchev–Trinajstić information content (AvgIpc) is 2.52. The fraction of sp³-hybridized carbons (Fsp3) is 0.857. The van der Waals surface area contributed by atoms with Crippen LogP contribution in [0.4, 0.5) is 0 Å². The van der Waals surface area contributed by atoms with Gasteiger partial charge in [-0.15, -0.1) is 0 Å². The zero-order valence-corrected chi connectivity index (χ0v) is 8.30. The van der Waals surface area contributed by atoms with Crippen molar-refractivity contribution in [1.82, 2.24) is 5.32 Å². The fourth-order valence-electron chi connectivity index (χ4n) is 1.53. The van der Waals surface area contributed by atoms with Crippen molar-refractivity contribution in [2.45, 2.75) is 12.2 Å². The van der Waals surface area contributed by atoms with Crippen molar-refractivity contribution in [3.63, 3.8) is 0 Å². The number of nitrogens with one attached hydrogen (secondary N) is 1. The predicted octanol–water partition coefficient (Wildman–Crippen LogP) is -1.51. The average molecular weight is 206 g/mol. The van der Waals surface area contributed by atoms with E-state index < -0.39 is 26.9 Å². The Labute approximate surface area is 77.6 Å². The monoisotopic (exact) mass is 206 g/mol. The first-order valence-electron chi connectivity index (χ1n) is 4.20. The molecular formula is C7H14N2O3S. The number of hydrogen-bond donors (Lipinski definition) is 2. The van der Waals surface area contributed by atoms with Gasteiger partial charge in [-0.25, -0.2) is 8.42 Å². The third kappa shape index (κ3) is 2.00. The maximum atomic E-state index is 11.5. The second kappa shape index (κ2) is 3.63. The highest BCUT2D eigenvalue weighted by Crippen LogP contribution is 2.17. The van der Waals surface area contributed by atoms with Gasteiger partial charge in [0.25, 0.3) is 0 Å². The van der Waals surface area contributed by atoms with E-state index in [4.69, 9.17) is 5.73 Å². The Balaban J connectivity index is 2.86. The van der Waals surface area contributed by atoms with Crippen molar-refractivity contribution in [1.29, 1.82) is 0 Å². The van der Waals surface area contributed by atoms with Gasteiger partial charge in [0.05, 0.1) is 11.2 Å². The summed E-state index contributed by atoms with van der Waals surface area (Å²) in [5, 5.41) is 2.23. The van der Waals surface area contributed by atoms with Crippen LogP contribution < -0.4 is 11.1 Å². The lowest BCUT2D eigenvalue weighted by Crippen LogP contribution is -2.38. The minimum Gasteiger partial charge on any atom is -0.369 e. The molecule has 0 aromatic carbocycles. The van der Waals surface area contributed by atoms with Crippen LogP contribution in [0.5, 0.6) is 0 Å². The Morgan fingerprint density at radius 1 is 1.54 bits per heavy atom. The molecule has 13 heavy (non-hydrogen) atoms. The molecule has 0 aromatic rings. The zero-order chi connectivity index (χ0) is 10.1. The molecule has 1 aliphatic rings. The lowest BCUT2D eigenvalue weighted by Gasteiger charge is -2.14. The van der Waals surface area contributed by atoms with E-state index in [9.17, 15) is 13.2 Å². The van der Waals surface area contributed by atoms with E-state index in [0.717, 1.165) is 0 Å². The van der Waals surface area contributed by atoms with E-state index in [2.05, 4.69) is 5.32 Å². The first kappa shape index (κ1) is 10.5. The second-order valence-electron chi connectivity index (χ2n) is 3.16. The van der Waals surface area contributed by atoms with Gasteiger partial charge < -0.3 is 11.1 Å². The number of hydrogen-bond acceptors (Lipinski definition) is 4. The Kier molecular flexibility index (Phi) is 2.92. The summed E-state index contributed by atoms with van der Waals surface area (Å²) in [4.78, 5) is 10.9. The number of rotatable bonds is 3. The van der Waals surface area contributed by atoms with E-state index >= 15 is 0 Å². The molecule has 5 nitrogen and oxygen atoms in total. The molecule has 1 rings (SSSR count). The number of carbonyl (C=O) groups is 1. The molecule has 1 heterocycles. The Morgan fingerprint density at radius 3 is 2.62 bits per heavy atom. The van der Waals surface area contributed by atoms with Crippen molar-refractivity contribution >= 4 is 15.7 Å². The molecule has 0 spiro atoms. The quantitative estimate of drug-likeness (QED) is 0.588. The summed E-state index contributed by atoms with van der Waals surface area (Å²) in [6.45, 7) is 2.29. The number of sulfone groups is 1. The molecule has 1 aliphatic heterocycles. The first-order chi connectivity index (χ1) is 5.99. The van der Waals surface area contributed by atoms with Gasteiger partial charge >= 0.3 is 0 Å². The molecule has 76 valence electrons. The fourth-order valence-corrected chi connectivity index (χ4v) is 3.06. The Morgan fingerprint density at radius 2 is 2.15 bits per heavy atom. The normalized spacial score (nSPS) is 29.0. The van der Waals surface area contributed by atoms with E-state index in [0.29, 0.717) is 13.1 Å². The molecule has 1 amide bonds. The van der Waals surface area contributed by atoms with Gasteiger partial charge in [0.15, 0.2) is 9.84 Å². The number of carbonyl (C=O) groups excluding carboxylic acids is 1. The number of primary amides is 1. The van der Waals surface area contributed by atoms with Gasteiger partial charge in [0, 0.05) is 18.8 Å². The van der Waals surface area contributed by atoms with Crippen LogP contribution in [0.25, 0.3) is 0 Å². The lowest BCUT2D eigenvalue weighted by atomic mass is 10.1. The van der Waals surface area contributed by atoms with Gasteiger partial charge in [-0.1, -0.05) is 6.92 Å². The van der Waals surface area contributed by atoms with Crippen LogP contribution in [0.2, 0.25) is 0 Å². The van der Waals surface area contributed by atoms with Crippen molar-refractivity contribution in [2.75, 3.05) is 18.8 Å². The van der Waals surface area contributed by atoms with Gasteiger partial charge in [-0.3, -0.25) is 4.79 Å².